The zero-order valence-electron chi connectivity index (χ0n) is 15.8. The van der Waals surface area contributed by atoms with E-state index < -0.39 is 10.0 Å². The number of para-hydroxylation sites is 1. The van der Waals surface area contributed by atoms with E-state index in [1.165, 1.54) is 17.0 Å². The highest BCUT2D eigenvalue weighted by Gasteiger charge is 2.18. The van der Waals surface area contributed by atoms with Gasteiger partial charge in [-0.25, -0.2) is 13.1 Å². The molecule has 0 spiro atoms. The zero-order valence-corrected chi connectivity index (χ0v) is 16.6. The average Bonchev–Trinajstić information content (AvgIpc) is 2.73. The number of hydrogen-bond acceptors (Lipinski definition) is 3. The maximum Gasteiger partial charge on any atom is 0.258 e. The van der Waals surface area contributed by atoms with Crippen molar-refractivity contribution in [2.45, 2.75) is 18.4 Å². The van der Waals surface area contributed by atoms with Gasteiger partial charge in [-0.15, -0.1) is 0 Å². The van der Waals surface area contributed by atoms with Gasteiger partial charge in [0.25, 0.3) is 5.91 Å². The molecule has 0 aliphatic rings. The van der Waals surface area contributed by atoms with Gasteiger partial charge in [0, 0.05) is 24.8 Å². The first-order valence-electron chi connectivity index (χ1n) is 8.86. The third kappa shape index (κ3) is 4.47. The molecule has 0 saturated carbocycles. The summed E-state index contributed by atoms with van der Waals surface area (Å²) in [6.45, 7) is 2.12. The fourth-order valence-electron chi connectivity index (χ4n) is 2.82. The number of amides is 1. The summed E-state index contributed by atoms with van der Waals surface area (Å²) in [7, 11) is -2.08. The third-order valence-electron chi connectivity index (χ3n) is 4.55. The topological polar surface area (TPSA) is 66.5 Å². The van der Waals surface area contributed by atoms with Gasteiger partial charge in [0.05, 0.1) is 4.90 Å². The van der Waals surface area contributed by atoms with Gasteiger partial charge in [-0.05, 0) is 48.4 Å². The molecule has 3 aromatic carbocycles. The van der Waals surface area contributed by atoms with Gasteiger partial charge in [-0.2, -0.15) is 0 Å². The Balaban J connectivity index is 1.80. The van der Waals surface area contributed by atoms with Crippen molar-refractivity contribution >= 4 is 21.6 Å². The van der Waals surface area contributed by atoms with E-state index in [2.05, 4.69) is 4.72 Å². The van der Waals surface area contributed by atoms with Crippen molar-refractivity contribution in [3.05, 3.63) is 95.6 Å². The van der Waals surface area contributed by atoms with E-state index >= 15 is 0 Å². The molecule has 0 atom stereocenters. The summed E-state index contributed by atoms with van der Waals surface area (Å²) in [6, 6.07) is 22.9. The molecule has 5 nitrogen and oxygen atoms in total. The minimum Gasteiger partial charge on any atom is -0.311 e. The van der Waals surface area contributed by atoms with Gasteiger partial charge >= 0.3 is 0 Å². The van der Waals surface area contributed by atoms with Crippen molar-refractivity contribution in [2.24, 2.45) is 0 Å². The Labute approximate surface area is 165 Å². The first-order valence-corrected chi connectivity index (χ1v) is 10.3. The molecule has 0 saturated heterocycles. The summed E-state index contributed by atoms with van der Waals surface area (Å²) >= 11 is 0. The Morgan fingerprint density at radius 3 is 2.32 bits per heavy atom. The molecule has 0 aromatic heterocycles. The van der Waals surface area contributed by atoms with E-state index in [1.807, 2.05) is 61.5 Å². The molecule has 0 aliphatic carbocycles. The van der Waals surface area contributed by atoms with Crippen LogP contribution in [0.25, 0.3) is 0 Å². The largest absolute Gasteiger partial charge is 0.311 e. The highest BCUT2D eigenvalue weighted by Crippen LogP contribution is 2.18. The summed E-state index contributed by atoms with van der Waals surface area (Å²) < 4.78 is 28.0. The van der Waals surface area contributed by atoms with Gasteiger partial charge in [0.15, 0.2) is 0 Å². The van der Waals surface area contributed by atoms with Gasteiger partial charge in [-0.3, -0.25) is 4.79 Å². The van der Waals surface area contributed by atoms with Crippen LogP contribution in [0.1, 0.15) is 21.5 Å². The summed E-state index contributed by atoms with van der Waals surface area (Å²) in [5.74, 6) is -0.276. The van der Waals surface area contributed by atoms with Crippen LogP contribution in [0.15, 0.2) is 83.8 Å². The molecule has 0 aliphatic heterocycles. The quantitative estimate of drug-likeness (QED) is 0.692. The number of carbonyl (C=O) groups is 1. The van der Waals surface area contributed by atoms with Crippen LogP contribution in [0.5, 0.6) is 0 Å². The van der Waals surface area contributed by atoms with E-state index in [4.69, 9.17) is 0 Å². The monoisotopic (exact) mass is 394 g/mol. The van der Waals surface area contributed by atoms with Crippen molar-refractivity contribution < 1.29 is 13.2 Å². The molecule has 1 N–H and O–H groups in total. The number of carbonyl (C=O) groups excluding carboxylic acids is 1. The number of aryl methyl sites for hydroxylation is 1. The Morgan fingerprint density at radius 2 is 1.61 bits per heavy atom. The molecule has 0 radical (unpaired) electrons. The van der Waals surface area contributed by atoms with E-state index in [0.29, 0.717) is 5.56 Å². The first kappa shape index (κ1) is 19.8. The molecular formula is C22H22N2O3S. The van der Waals surface area contributed by atoms with Gasteiger partial charge in [-0.1, -0.05) is 48.5 Å². The summed E-state index contributed by atoms with van der Waals surface area (Å²) in [4.78, 5) is 14.3. The Morgan fingerprint density at radius 1 is 0.929 bits per heavy atom. The van der Waals surface area contributed by atoms with Crippen LogP contribution >= 0.6 is 0 Å². The Bertz CT molecular complexity index is 1080. The van der Waals surface area contributed by atoms with Crippen molar-refractivity contribution in [3.63, 3.8) is 0 Å². The lowest BCUT2D eigenvalue weighted by Crippen LogP contribution is -2.27. The third-order valence-corrected chi connectivity index (χ3v) is 5.95. The van der Waals surface area contributed by atoms with Crippen LogP contribution in [-0.2, 0) is 16.6 Å². The number of benzene rings is 3. The molecule has 6 heteroatoms. The first-order chi connectivity index (χ1) is 13.4. The molecule has 3 aromatic rings. The standard InChI is InChI=1S/C22H22N2O3S/c1-17-9-6-7-10-19(17)16-23-28(26,27)21-14-8-11-18(15-21)22(25)24(2)20-12-4-3-5-13-20/h3-15,23H,16H2,1-2H3. The SMILES string of the molecule is Cc1ccccc1CNS(=O)(=O)c1cccc(C(=O)N(C)c2ccccc2)c1. The molecular weight excluding hydrogens is 372 g/mol. The Kier molecular flexibility index (Phi) is 5.92. The van der Waals surface area contributed by atoms with Crippen molar-refractivity contribution in [2.75, 3.05) is 11.9 Å². The second kappa shape index (κ2) is 8.37. The fourth-order valence-corrected chi connectivity index (χ4v) is 3.88. The normalized spacial score (nSPS) is 11.2. The molecule has 144 valence electrons. The summed E-state index contributed by atoms with van der Waals surface area (Å²) in [5, 5.41) is 0. The summed E-state index contributed by atoms with van der Waals surface area (Å²) in [5.41, 5.74) is 2.96. The molecule has 3 rings (SSSR count). The fraction of sp³-hybridized carbons (Fsp3) is 0.136. The average molecular weight is 394 g/mol. The number of rotatable bonds is 6. The Hall–Kier alpha value is -2.96. The lowest BCUT2D eigenvalue weighted by molar-refractivity contribution is 0.0993. The van der Waals surface area contributed by atoms with Gasteiger partial charge < -0.3 is 4.90 Å². The smallest absolute Gasteiger partial charge is 0.258 e. The van der Waals surface area contributed by atoms with Crippen molar-refractivity contribution in [3.8, 4) is 0 Å². The molecule has 0 fully saturated rings. The molecule has 1 amide bonds. The second-order valence-corrected chi connectivity index (χ2v) is 8.25. The van der Waals surface area contributed by atoms with Crippen LogP contribution in [0.2, 0.25) is 0 Å². The van der Waals surface area contributed by atoms with Gasteiger partial charge in [0.2, 0.25) is 10.0 Å². The van der Waals surface area contributed by atoms with Crippen LogP contribution in [0.4, 0.5) is 5.69 Å². The van der Waals surface area contributed by atoms with Crippen molar-refractivity contribution in [1.82, 2.24) is 4.72 Å². The van der Waals surface area contributed by atoms with Crippen molar-refractivity contribution in [1.29, 1.82) is 0 Å². The zero-order chi connectivity index (χ0) is 20.1. The van der Waals surface area contributed by atoms with Crippen LogP contribution in [0.3, 0.4) is 0 Å². The lowest BCUT2D eigenvalue weighted by Gasteiger charge is -2.17. The molecule has 0 heterocycles. The van der Waals surface area contributed by atoms with Gasteiger partial charge in [0.1, 0.15) is 0 Å². The predicted octanol–water partition coefficient (Wildman–Crippen LogP) is 3.75. The molecule has 0 unspecified atom stereocenters. The van der Waals surface area contributed by atoms with Crippen LogP contribution in [-0.4, -0.2) is 21.4 Å². The van der Waals surface area contributed by atoms with E-state index in [9.17, 15) is 13.2 Å². The highest BCUT2D eigenvalue weighted by molar-refractivity contribution is 7.89. The lowest BCUT2D eigenvalue weighted by atomic mass is 10.1. The minimum absolute atomic E-state index is 0.0633. The number of sulfonamides is 1. The van der Waals surface area contributed by atoms with E-state index in [0.717, 1.165) is 16.8 Å². The van der Waals surface area contributed by atoms with Crippen LogP contribution < -0.4 is 9.62 Å². The molecule has 28 heavy (non-hydrogen) atoms. The summed E-state index contributed by atoms with van der Waals surface area (Å²) in [6.07, 6.45) is 0. The maximum atomic E-state index is 12.8. The number of hydrogen-bond donors (Lipinski definition) is 1. The van der Waals surface area contributed by atoms with Crippen LogP contribution in [0, 0.1) is 6.92 Å². The number of nitrogens with zero attached hydrogens (tertiary/aromatic N) is 1. The predicted molar refractivity (Wildman–Crippen MR) is 111 cm³/mol. The maximum absolute atomic E-state index is 12.8. The highest BCUT2D eigenvalue weighted by atomic mass is 32.2. The second-order valence-electron chi connectivity index (χ2n) is 6.48. The van der Waals surface area contributed by atoms with E-state index in [-0.39, 0.29) is 17.3 Å². The number of anilines is 1. The molecule has 0 bridgehead atoms. The minimum atomic E-state index is -3.74. The van der Waals surface area contributed by atoms with E-state index in [1.54, 1.807) is 19.2 Å². The number of nitrogens with one attached hydrogen (secondary N) is 1.